The van der Waals surface area contributed by atoms with Gasteiger partial charge >= 0.3 is 0 Å². The number of carbonyl (C=O) groups is 1. The zero-order chi connectivity index (χ0) is 16.6. The second-order valence-corrected chi connectivity index (χ2v) is 8.31. The zero-order valence-electron chi connectivity index (χ0n) is 13.1. The third kappa shape index (κ3) is 3.55. The molecule has 0 spiro atoms. The number of halogens is 1. The lowest BCUT2D eigenvalue weighted by Crippen LogP contribution is -2.46. The van der Waals surface area contributed by atoms with E-state index >= 15 is 0 Å². The van der Waals surface area contributed by atoms with E-state index < -0.39 is 15.8 Å². The minimum Gasteiger partial charge on any atom is -0.353 e. The average molecular weight is 340 g/mol. The molecule has 1 saturated heterocycles. The first kappa shape index (κ1) is 16.4. The summed E-state index contributed by atoms with van der Waals surface area (Å²) >= 11 is 0. The van der Waals surface area contributed by atoms with Crippen molar-refractivity contribution >= 4 is 15.9 Å². The van der Waals surface area contributed by atoms with Crippen LogP contribution in [0.4, 0.5) is 4.39 Å². The van der Waals surface area contributed by atoms with Gasteiger partial charge in [-0.2, -0.15) is 4.31 Å². The predicted octanol–water partition coefficient (Wildman–Crippen LogP) is 1.81. The molecule has 0 aromatic heterocycles. The summed E-state index contributed by atoms with van der Waals surface area (Å²) in [6.45, 7) is 2.29. The number of rotatable bonds is 4. The first-order chi connectivity index (χ1) is 10.9. The van der Waals surface area contributed by atoms with E-state index in [1.54, 1.807) is 6.92 Å². The van der Waals surface area contributed by atoms with Crippen LogP contribution in [-0.4, -0.2) is 37.8 Å². The number of aryl methyl sites for hydroxylation is 1. The van der Waals surface area contributed by atoms with Crippen molar-refractivity contribution in [1.29, 1.82) is 0 Å². The van der Waals surface area contributed by atoms with Crippen molar-refractivity contribution in [3.05, 3.63) is 29.6 Å². The maximum Gasteiger partial charge on any atom is 0.243 e. The van der Waals surface area contributed by atoms with Gasteiger partial charge in [-0.25, -0.2) is 12.8 Å². The molecule has 2 fully saturated rings. The maximum absolute atomic E-state index is 13.3. The largest absolute Gasteiger partial charge is 0.353 e. The van der Waals surface area contributed by atoms with Crippen LogP contribution in [0.2, 0.25) is 0 Å². The third-order valence-corrected chi connectivity index (χ3v) is 6.41. The fourth-order valence-corrected chi connectivity index (χ4v) is 4.39. The van der Waals surface area contributed by atoms with Crippen LogP contribution in [0.25, 0.3) is 0 Å². The van der Waals surface area contributed by atoms with E-state index in [1.165, 1.54) is 22.5 Å². The van der Waals surface area contributed by atoms with Gasteiger partial charge in [-0.3, -0.25) is 4.79 Å². The van der Waals surface area contributed by atoms with Gasteiger partial charge in [-0.05, 0) is 56.4 Å². The topological polar surface area (TPSA) is 66.5 Å². The van der Waals surface area contributed by atoms with Crippen molar-refractivity contribution in [2.75, 3.05) is 13.1 Å². The normalized spacial score (nSPS) is 20.4. The Bertz CT molecular complexity index is 708. The molecule has 1 aliphatic carbocycles. The Morgan fingerprint density at radius 2 is 1.87 bits per heavy atom. The first-order valence-corrected chi connectivity index (χ1v) is 9.38. The van der Waals surface area contributed by atoms with E-state index in [9.17, 15) is 17.6 Å². The highest BCUT2D eigenvalue weighted by Crippen LogP contribution is 2.29. The summed E-state index contributed by atoms with van der Waals surface area (Å²) in [5, 5.41) is 3.00. The van der Waals surface area contributed by atoms with Gasteiger partial charge in [0.15, 0.2) is 0 Å². The Morgan fingerprint density at radius 3 is 2.43 bits per heavy atom. The van der Waals surface area contributed by atoms with Crippen LogP contribution in [0, 0.1) is 18.7 Å². The number of sulfonamides is 1. The molecule has 0 unspecified atom stereocenters. The molecule has 5 nitrogen and oxygen atoms in total. The van der Waals surface area contributed by atoms with Crippen molar-refractivity contribution in [2.24, 2.45) is 5.92 Å². The summed E-state index contributed by atoms with van der Waals surface area (Å²) in [6, 6.07) is 3.90. The quantitative estimate of drug-likeness (QED) is 0.909. The standard InChI is InChI=1S/C16H21FN2O3S/c1-11-10-14(4-5-15(11)17)23(21,22)19-8-6-13(7-9-19)18-16(20)12-2-3-12/h4-5,10,12-13H,2-3,6-9H2,1H3,(H,18,20). The van der Waals surface area contributed by atoms with Crippen LogP contribution in [0.15, 0.2) is 23.1 Å². The molecule has 1 heterocycles. The van der Waals surface area contributed by atoms with E-state index in [-0.39, 0.29) is 22.8 Å². The molecule has 0 bridgehead atoms. The highest BCUT2D eigenvalue weighted by atomic mass is 32.2. The van der Waals surface area contributed by atoms with Crippen LogP contribution in [0.3, 0.4) is 0 Å². The molecule has 23 heavy (non-hydrogen) atoms. The van der Waals surface area contributed by atoms with Crippen LogP contribution >= 0.6 is 0 Å². The highest BCUT2D eigenvalue weighted by Gasteiger charge is 2.34. The summed E-state index contributed by atoms with van der Waals surface area (Å²) in [5.41, 5.74) is 0.317. The van der Waals surface area contributed by atoms with E-state index in [4.69, 9.17) is 0 Å². The van der Waals surface area contributed by atoms with Gasteiger partial charge < -0.3 is 5.32 Å². The van der Waals surface area contributed by atoms with Crippen molar-refractivity contribution in [2.45, 2.75) is 43.5 Å². The van der Waals surface area contributed by atoms with Crippen LogP contribution < -0.4 is 5.32 Å². The molecule has 0 radical (unpaired) electrons. The Balaban J connectivity index is 1.63. The highest BCUT2D eigenvalue weighted by molar-refractivity contribution is 7.89. The van der Waals surface area contributed by atoms with Gasteiger partial charge in [-0.15, -0.1) is 0 Å². The summed E-state index contributed by atoms with van der Waals surface area (Å²) in [4.78, 5) is 11.9. The summed E-state index contributed by atoms with van der Waals surface area (Å²) < 4.78 is 40.0. The summed E-state index contributed by atoms with van der Waals surface area (Å²) in [6.07, 6.45) is 3.14. The molecule has 3 rings (SSSR count). The monoisotopic (exact) mass is 340 g/mol. The Hall–Kier alpha value is -1.47. The van der Waals surface area contributed by atoms with Crippen molar-refractivity contribution in [3.8, 4) is 0 Å². The van der Waals surface area contributed by atoms with Gasteiger partial charge in [0.05, 0.1) is 4.90 Å². The fourth-order valence-electron chi connectivity index (χ4n) is 2.83. The predicted molar refractivity (Wildman–Crippen MR) is 83.8 cm³/mol. The van der Waals surface area contributed by atoms with Crippen LogP contribution in [-0.2, 0) is 14.8 Å². The number of carbonyl (C=O) groups excluding carboxylic acids is 1. The Labute approximate surface area is 135 Å². The Kier molecular flexibility index (Phi) is 4.42. The lowest BCUT2D eigenvalue weighted by atomic mass is 10.1. The smallest absolute Gasteiger partial charge is 0.243 e. The third-order valence-electron chi connectivity index (χ3n) is 4.52. The number of nitrogens with one attached hydrogen (secondary N) is 1. The van der Waals surface area contributed by atoms with E-state index in [1.807, 2.05) is 0 Å². The molecule has 1 aromatic carbocycles. The van der Waals surface area contributed by atoms with Gasteiger partial charge in [0.1, 0.15) is 5.82 Å². The van der Waals surface area contributed by atoms with Crippen molar-refractivity contribution in [1.82, 2.24) is 9.62 Å². The number of amides is 1. The van der Waals surface area contributed by atoms with Crippen molar-refractivity contribution < 1.29 is 17.6 Å². The minimum absolute atomic E-state index is 0.0458. The molecule has 1 aromatic rings. The second kappa shape index (κ2) is 6.20. The Morgan fingerprint density at radius 1 is 1.22 bits per heavy atom. The number of hydrogen-bond acceptors (Lipinski definition) is 3. The van der Waals surface area contributed by atoms with E-state index in [2.05, 4.69) is 5.32 Å². The molecule has 7 heteroatoms. The SMILES string of the molecule is Cc1cc(S(=O)(=O)N2CCC(NC(=O)C3CC3)CC2)ccc1F. The molecular formula is C16H21FN2O3S. The summed E-state index contributed by atoms with van der Waals surface area (Å²) in [5.74, 6) is -0.148. The van der Waals surface area contributed by atoms with E-state index in [0.717, 1.165) is 12.8 Å². The van der Waals surface area contributed by atoms with Gasteiger partial charge in [0.25, 0.3) is 0 Å². The zero-order valence-corrected chi connectivity index (χ0v) is 13.9. The van der Waals surface area contributed by atoms with Crippen LogP contribution in [0.5, 0.6) is 0 Å². The molecule has 126 valence electrons. The second-order valence-electron chi connectivity index (χ2n) is 6.37. The number of benzene rings is 1. The molecule has 1 amide bonds. The fraction of sp³-hybridized carbons (Fsp3) is 0.562. The number of nitrogens with zero attached hydrogens (tertiary/aromatic N) is 1. The summed E-state index contributed by atoms with van der Waals surface area (Å²) in [7, 11) is -3.60. The van der Waals surface area contributed by atoms with Crippen molar-refractivity contribution in [3.63, 3.8) is 0 Å². The minimum atomic E-state index is -3.60. The molecular weight excluding hydrogens is 319 g/mol. The van der Waals surface area contributed by atoms with E-state index in [0.29, 0.717) is 31.5 Å². The van der Waals surface area contributed by atoms with Gasteiger partial charge in [0.2, 0.25) is 15.9 Å². The van der Waals surface area contributed by atoms with Gasteiger partial charge in [-0.1, -0.05) is 0 Å². The average Bonchev–Trinajstić information content (AvgIpc) is 3.35. The molecule has 1 N–H and O–H groups in total. The molecule has 1 aliphatic heterocycles. The first-order valence-electron chi connectivity index (χ1n) is 7.94. The number of piperidine rings is 1. The molecule has 0 atom stereocenters. The van der Waals surface area contributed by atoms with Gasteiger partial charge in [0, 0.05) is 25.0 Å². The van der Waals surface area contributed by atoms with Crippen LogP contribution in [0.1, 0.15) is 31.2 Å². The molecule has 1 saturated carbocycles. The number of hydrogen-bond donors (Lipinski definition) is 1. The lowest BCUT2D eigenvalue weighted by Gasteiger charge is -2.31. The lowest BCUT2D eigenvalue weighted by molar-refractivity contribution is -0.123. The maximum atomic E-state index is 13.3. The molecule has 2 aliphatic rings.